The van der Waals surface area contributed by atoms with Gasteiger partial charge in [-0.15, -0.1) is 17.9 Å². The molecule has 0 aliphatic heterocycles. The van der Waals surface area contributed by atoms with Gasteiger partial charge in [0.25, 0.3) is 5.91 Å². The first kappa shape index (κ1) is 26.9. The third-order valence-electron chi connectivity index (χ3n) is 6.38. The van der Waals surface area contributed by atoms with Gasteiger partial charge in [0.15, 0.2) is 11.5 Å². The lowest BCUT2D eigenvalue weighted by atomic mass is 10.0. The van der Waals surface area contributed by atoms with Gasteiger partial charge >= 0.3 is 0 Å². The maximum atomic E-state index is 13.7. The number of fused-ring (bicyclic) bond motifs is 1. The predicted molar refractivity (Wildman–Crippen MR) is 153 cm³/mol. The van der Waals surface area contributed by atoms with Gasteiger partial charge in [-0.2, -0.15) is 0 Å². The van der Waals surface area contributed by atoms with Gasteiger partial charge < -0.3 is 19.3 Å². The first-order valence-electron chi connectivity index (χ1n) is 12.4. The SMILES string of the molecule is C=CCN(CC(=O)N(CCc1ccc(OC)c(OC)c1)Cc1cccs1)C(=O)c1cccc2ccccc12. The van der Waals surface area contributed by atoms with Gasteiger partial charge in [-0.05, 0) is 52.4 Å². The average Bonchev–Trinajstić information content (AvgIpc) is 3.47. The van der Waals surface area contributed by atoms with E-state index >= 15 is 0 Å². The van der Waals surface area contributed by atoms with E-state index in [1.807, 2.05) is 83.1 Å². The third kappa shape index (κ3) is 6.42. The lowest BCUT2D eigenvalue weighted by Gasteiger charge is -2.27. The fourth-order valence-corrected chi connectivity index (χ4v) is 5.12. The van der Waals surface area contributed by atoms with E-state index in [2.05, 4.69) is 6.58 Å². The van der Waals surface area contributed by atoms with Gasteiger partial charge in [0.2, 0.25) is 5.91 Å². The van der Waals surface area contributed by atoms with Crippen molar-refractivity contribution in [2.24, 2.45) is 0 Å². The fourth-order valence-electron chi connectivity index (χ4n) is 4.40. The molecule has 0 N–H and O–H groups in total. The van der Waals surface area contributed by atoms with Crippen molar-refractivity contribution in [1.29, 1.82) is 0 Å². The molecule has 0 saturated carbocycles. The number of rotatable bonds is 12. The molecule has 4 rings (SSSR count). The van der Waals surface area contributed by atoms with Gasteiger partial charge in [0.1, 0.15) is 6.54 Å². The monoisotopic (exact) mass is 528 g/mol. The fraction of sp³-hybridized carbons (Fsp3) is 0.226. The molecule has 38 heavy (non-hydrogen) atoms. The first-order valence-corrected chi connectivity index (χ1v) is 13.3. The lowest BCUT2D eigenvalue weighted by molar-refractivity contribution is -0.132. The Morgan fingerprint density at radius 1 is 0.921 bits per heavy atom. The number of amides is 2. The van der Waals surface area contributed by atoms with Crippen LogP contribution in [0.1, 0.15) is 20.8 Å². The van der Waals surface area contributed by atoms with Crippen molar-refractivity contribution in [1.82, 2.24) is 9.80 Å². The summed E-state index contributed by atoms with van der Waals surface area (Å²) >= 11 is 1.61. The van der Waals surface area contributed by atoms with E-state index in [1.165, 1.54) is 0 Å². The molecule has 1 aromatic heterocycles. The second-order valence-electron chi connectivity index (χ2n) is 8.84. The minimum atomic E-state index is -0.189. The van der Waals surface area contributed by atoms with Gasteiger partial charge in [0, 0.05) is 23.5 Å². The Labute approximate surface area is 227 Å². The highest BCUT2D eigenvalue weighted by Gasteiger charge is 2.23. The summed E-state index contributed by atoms with van der Waals surface area (Å²) in [6.45, 7) is 5.03. The van der Waals surface area contributed by atoms with E-state index in [4.69, 9.17) is 9.47 Å². The Morgan fingerprint density at radius 2 is 1.71 bits per heavy atom. The van der Waals surface area contributed by atoms with Crippen LogP contribution in [0.2, 0.25) is 0 Å². The molecule has 6 nitrogen and oxygen atoms in total. The summed E-state index contributed by atoms with van der Waals surface area (Å²) in [7, 11) is 3.21. The summed E-state index contributed by atoms with van der Waals surface area (Å²) in [5.74, 6) is 1.01. The van der Waals surface area contributed by atoms with Gasteiger partial charge in [-0.1, -0.05) is 54.6 Å². The molecule has 7 heteroatoms. The minimum absolute atomic E-state index is 0.0363. The van der Waals surface area contributed by atoms with Gasteiger partial charge in [0.05, 0.1) is 20.8 Å². The number of carbonyl (C=O) groups excluding carboxylic acids is 2. The van der Waals surface area contributed by atoms with Crippen molar-refractivity contribution in [2.45, 2.75) is 13.0 Å². The molecule has 0 radical (unpaired) electrons. The molecule has 0 saturated heterocycles. The number of nitrogens with zero attached hydrogens (tertiary/aromatic N) is 2. The number of benzene rings is 3. The van der Waals surface area contributed by atoms with E-state index in [0.29, 0.717) is 36.6 Å². The average molecular weight is 529 g/mol. The smallest absolute Gasteiger partial charge is 0.255 e. The van der Waals surface area contributed by atoms with Crippen molar-refractivity contribution in [3.63, 3.8) is 0 Å². The highest BCUT2D eigenvalue weighted by Crippen LogP contribution is 2.28. The number of hydrogen-bond acceptors (Lipinski definition) is 5. The van der Waals surface area contributed by atoms with Gasteiger partial charge in [-0.25, -0.2) is 0 Å². The Balaban J connectivity index is 1.54. The summed E-state index contributed by atoms with van der Waals surface area (Å²) in [6, 6.07) is 23.2. The molecule has 4 aromatic rings. The van der Waals surface area contributed by atoms with Crippen LogP contribution >= 0.6 is 11.3 Å². The summed E-state index contributed by atoms with van der Waals surface area (Å²) in [6.07, 6.45) is 2.29. The van der Waals surface area contributed by atoms with Gasteiger partial charge in [-0.3, -0.25) is 9.59 Å². The molecular weight excluding hydrogens is 496 g/mol. The number of ether oxygens (including phenoxy) is 2. The second kappa shape index (κ2) is 12.9. The Morgan fingerprint density at radius 3 is 2.45 bits per heavy atom. The number of methoxy groups -OCH3 is 2. The summed E-state index contributed by atoms with van der Waals surface area (Å²) < 4.78 is 10.8. The molecule has 2 amide bonds. The Kier molecular flexibility index (Phi) is 9.16. The molecule has 0 spiro atoms. The maximum Gasteiger partial charge on any atom is 0.255 e. The van der Waals surface area contributed by atoms with Crippen LogP contribution < -0.4 is 9.47 Å². The van der Waals surface area contributed by atoms with Crippen LogP contribution in [0.15, 0.2) is 90.8 Å². The molecule has 1 heterocycles. The number of hydrogen-bond donors (Lipinski definition) is 0. The molecule has 0 unspecified atom stereocenters. The molecule has 0 fully saturated rings. The van der Waals surface area contributed by atoms with E-state index in [-0.39, 0.29) is 24.9 Å². The van der Waals surface area contributed by atoms with E-state index < -0.39 is 0 Å². The van der Waals surface area contributed by atoms with Crippen molar-refractivity contribution in [3.8, 4) is 11.5 Å². The number of thiophene rings is 1. The standard InChI is InChI=1S/C31H32N2O4S/c1-4-17-33(31(35)27-13-7-10-24-9-5-6-12-26(24)27)22-30(34)32(21-25-11-8-19-38-25)18-16-23-14-15-28(36-2)29(20-23)37-3/h4-15,19-20H,1,16-18,21-22H2,2-3H3. The zero-order chi connectivity index (χ0) is 26.9. The zero-order valence-corrected chi connectivity index (χ0v) is 22.6. The van der Waals surface area contributed by atoms with Crippen LogP contribution in [-0.4, -0.2) is 55.5 Å². The molecule has 0 atom stereocenters. The molecule has 0 aliphatic rings. The van der Waals surface area contributed by atoms with Crippen LogP contribution in [0.25, 0.3) is 10.8 Å². The Bertz CT molecular complexity index is 1400. The van der Waals surface area contributed by atoms with Crippen LogP contribution in [0.3, 0.4) is 0 Å². The highest BCUT2D eigenvalue weighted by molar-refractivity contribution is 7.09. The van der Waals surface area contributed by atoms with E-state index in [9.17, 15) is 9.59 Å². The normalized spacial score (nSPS) is 10.7. The molecule has 3 aromatic carbocycles. The quantitative estimate of drug-likeness (QED) is 0.218. The van der Waals surface area contributed by atoms with Crippen LogP contribution in [0.5, 0.6) is 11.5 Å². The van der Waals surface area contributed by atoms with Crippen LogP contribution in [-0.2, 0) is 17.8 Å². The summed E-state index contributed by atoms with van der Waals surface area (Å²) in [5, 5.41) is 3.85. The van der Waals surface area contributed by atoms with Crippen LogP contribution in [0, 0.1) is 0 Å². The second-order valence-corrected chi connectivity index (χ2v) is 9.87. The first-order chi connectivity index (χ1) is 18.5. The zero-order valence-electron chi connectivity index (χ0n) is 21.8. The summed E-state index contributed by atoms with van der Waals surface area (Å²) in [4.78, 5) is 31.7. The lowest BCUT2D eigenvalue weighted by Crippen LogP contribution is -2.43. The molecule has 196 valence electrons. The van der Waals surface area contributed by atoms with Crippen molar-refractivity contribution in [3.05, 3.63) is 107 Å². The third-order valence-corrected chi connectivity index (χ3v) is 7.24. The summed E-state index contributed by atoms with van der Waals surface area (Å²) in [5.41, 5.74) is 1.61. The molecule has 0 aliphatic carbocycles. The minimum Gasteiger partial charge on any atom is -0.493 e. The Hall–Kier alpha value is -4.10. The highest BCUT2D eigenvalue weighted by atomic mass is 32.1. The largest absolute Gasteiger partial charge is 0.493 e. The number of carbonyl (C=O) groups is 2. The maximum absolute atomic E-state index is 13.7. The van der Waals surface area contributed by atoms with E-state index in [1.54, 1.807) is 36.5 Å². The van der Waals surface area contributed by atoms with Crippen molar-refractivity contribution < 1.29 is 19.1 Å². The van der Waals surface area contributed by atoms with E-state index in [0.717, 1.165) is 21.2 Å². The molecular formula is C31H32N2O4S. The topological polar surface area (TPSA) is 59.1 Å². The molecule has 0 bridgehead atoms. The van der Waals surface area contributed by atoms with Crippen molar-refractivity contribution >= 4 is 33.9 Å². The van der Waals surface area contributed by atoms with Crippen molar-refractivity contribution in [2.75, 3.05) is 33.9 Å². The van der Waals surface area contributed by atoms with Crippen LogP contribution in [0.4, 0.5) is 0 Å². The predicted octanol–water partition coefficient (Wildman–Crippen LogP) is 5.82.